The Hall–Kier alpha value is -3.14. The number of nitrogens with zero attached hydrogens (tertiary/aromatic N) is 1. The number of amides is 1. The molecule has 0 aromatic heterocycles. The Balaban J connectivity index is 1.98. The molecular weight excluding hydrogens is 322 g/mol. The first-order valence-electron chi connectivity index (χ1n) is 8.74. The van der Waals surface area contributed by atoms with Gasteiger partial charge in [-0.2, -0.15) is 5.10 Å². The summed E-state index contributed by atoms with van der Waals surface area (Å²) in [6.45, 7) is 6.21. The van der Waals surface area contributed by atoms with Crippen LogP contribution >= 0.6 is 0 Å². The highest BCUT2D eigenvalue weighted by atomic mass is 16.1. The number of hydrogen-bond acceptors (Lipinski definition) is 3. The van der Waals surface area contributed by atoms with E-state index in [1.807, 2.05) is 36.5 Å². The number of rotatable bonds is 9. The van der Waals surface area contributed by atoms with Crippen molar-refractivity contribution in [2.75, 3.05) is 0 Å². The number of carbonyl (C=O) groups is 1. The maximum Gasteiger partial charge on any atom is 0.241 e. The summed E-state index contributed by atoms with van der Waals surface area (Å²) in [5.41, 5.74) is 13.0. The molecule has 0 saturated carbocycles. The SMILES string of the molecule is C=C(N/N=C/c1ccccc1CCCC)c1ccc(/C=C/C(N)=O)cc1. The summed E-state index contributed by atoms with van der Waals surface area (Å²) in [5.74, 6) is -0.464. The Morgan fingerprint density at radius 1 is 1.19 bits per heavy atom. The van der Waals surface area contributed by atoms with Crippen molar-refractivity contribution in [1.29, 1.82) is 0 Å². The Kier molecular flexibility index (Phi) is 7.37. The lowest BCUT2D eigenvalue weighted by molar-refractivity contribution is -0.113. The normalized spacial score (nSPS) is 11.1. The first-order valence-corrected chi connectivity index (χ1v) is 8.74. The van der Waals surface area contributed by atoms with Gasteiger partial charge in [-0.1, -0.05) is 68.5 Å². The van der Waals surface area contributed by atoms with Crippen molar-refractivity contribution in [3.05, 3.63) is 83.4 Å². The zero-order chi connectivity index (χ0) is 18.8. The summed E-state index contributed by atoms with van der Waals surface area (Å²) < 4.78 is 0. The van der Waals surface area contributed by atoms with Crippen LogP contribution in [0.15, 0.2) is 66.3 Å². The molecule has 0 heterocycles. The van der Waals surface area contributed by atoms with Gasteiger partial charge in [0.2, 0.25) is 5.91 Å². The summed E-state index contributed by atoms with van der Waals surface area (Å²) in [7, 11) is 0. The second kappa shape index (κ2) is 9.99. The molecule has 0 aliphatic rings. The van der Waals surface area contributed by atoms with Crippen molar-refractivity contribution < 1.29 is 4.79 Å². The third-order valence-electron chi connectivity index (χ3n) is 3.96. The van der Waals surface area contributed by atoms with Gasteiger partial charge in [0.05, 0.1) is 11.9 Å². The van der Waals surface area contributed by atoms with Gasteiger partial charge in [0.15, 0.2) is 0 Å². The average Bonchev–Trinajstić information content (AvgIpc) is 2.66. The summed E-state index contributed by atoms with van der Waals surface area (Å²) in [4.78, 5) is 10.8. The number of carbonyl (C=O) groups excluding carboxylic acids is 1. The Labute approximate surface area is 155 Å². The van der Waals surface area contributed by atoms with Gasteiger partial charge in [0.1, 0.15) is 0 Å². The van der Waals surface area contributed by atoms with Crippen LogP contribution in [-0.2, 0) is 11.2 Å². The van der Waals surface area contributed by atoms with Crippen molar-refractivity contribution in [3.63, 3.8) is 0 Å². The van der Waals surface area contributed by atoms with Crippen LogP contribution in [0.1, 0.15) is 42.0 Å². The van der Waals surface area contributed by atoms with Gasteiger partial charge >= 0.3 is 0 Å². The maximum absolute atomic E-state index is 10.8. The van der Waals surface area contributed by atoms with Crippen molar-refractivity contribution in [2.45, 2.75) is 26.2 Å². The summed E-state index contributed by atoms with van der Waals surface area (Å²) >= 11 is 0. The van der Waals surface area contributed by atoms with E-state index in [1.165, 1.54) is 24.5 Å². The number of hydrazone groups is 1. The molecule has 2 aromatic rings. The van der Waals surface area contributed by atoms with E-state index in [1.54, 1.807) is 6.08 Å². The van der Waals surface area contributed by atoms with Gasteiger partial charge in [-0.25, -0.2) is 0 Å². The standard InChI is InChI=1S/C22H25N3O/c1-3-4-7-20-8-5-6-9-21(20)16-24-25-17(2)19-13-10-18(11-14-19)12-15-22(23)26/h5-6,8-16,25H,2-4,7H2,1H3,(H2,23,26)/b15-12+,24-16+. The molecule has 0 saturated heterocycles. The van der Waals surface area contributed by atoms with E-state index in [4.69, 9.17) is 5.73 Å². The number of nitrogens with one attached hydrogen (secondary N) is 1. The topological polar surface area (TPSA) is 67.5 Å². The molecule has 1 amide bonds. The molecule has 2 rings (SSSR count). The lowest BCUT2D eigenvalue weighted by Crippen LogP contribution is -2.05. The number of hydrogen-bond donors (Lipinski definition) is 2. The van der Waals surface area contributed by atoms with Crippen LogP contribution in [0, 0.1) is 0 Å². The van der Waals surface area contributed by atoms with E-state index in [0.29, 0.717) is 5.70 Å². The second-order valence-electron chi connectivity index (χ2n) is 6.01. The largest absolute Gasteiger partial charge is 0.366 e. The smallest absolute Gasteiger partial charge is 0.241 e. The minimum Gasteiger partial charge on any atom is -0.366 e. The van der Waals surface area contributed by atoms with Crippen molar-refractivity contribution in [2.24, 2.45) is 10.8 Å². The van der Waals surface area contributed by atoms with E-state index in [2.05, 4.69) is 42.2 Å². The predicted octanol–water partition coefficient (Wildman–Crippen LogP) is 4.12. The molecule has 2 aromatic carbocycles. The molecule has 4 nitrogen and oxygen atoms in total. The molecule has 0 radical (unpaired) electrons. The van der Waals surface area contributed by atoms with E-state index >= 15 is 0 Å². The number of nitrogens with two attached hydrogens (primary N) is 1. The van der Waals surface area contributed by atoms with E-state index in [-0.39, 0.29) is 0 Å². The molecule has 26 heavy (non-hydrogen) atoms. The van der Waals surface area contributed by atoms with Crippen LogP contribution < -0.4 is 11.2 Å². The zero-order valence-corrected chi connectivity index (χ0v) is 15.1. The number of benzene rings is 2. The minimum atomic E-state index is -0.464. The van der Waals surface area contributed by atoms with Gasteiger partial charge in [0.25, 0.3) is 0 Å². The highest BCUT2D eigenvalue weighted by Gasteiger charge is 2.00. The molecule has 0 aliphatic carbocycles. The lowest BCUT2D eigenvalue weighted by atomic mass is 10.0. The van der Waals surface area contributed by atoms with Crippen molar-refractivity contribution in [3.8, 4) is 0 Å². The van der Waals surface area contributed by atoms with Gasteiger partial charge in [-0.05, 0) is 41.2 Å². The fourth-order valence-electron chi connectivity index (χ4n) is 2.47. The fraction of sp³-hybridized carbons (Fsp3) is 0.182. The van der Waals surface area contributed by atoms with Crippen LogP contribution in [-0.4, -0.2) is 12.1 Å². The monoisotopic (exact) mass is 347 g/mol. The van der Waals surface area contributed by atoms with Crippen molar-refractivity contribution in [1.82, 2.24) is 5.43 Å². The van der Waals surface area contributed by atoms with Crippen LogP contribution in [0.5, 0.6) is 0 Å². The molecular formula is C22H25N3O. The third kappa shape index (κ3) is 6.06. The van der Waals surface area contributed by atoms with E-state index in [0.717, 1.165) is 23.1 Å². The third-order valence-corrected chi connectivity index (χ3v) is 3.96. The first-order chi connectivity index (χ1) is 12.6. The summed E-state index contributed by atoms with van der Waals surface area (Å²) in [5, 5.41) is 4.32. The Bertz CT molecular complexity index is 804. The fourth-order valence-corrected chi connectivity index (χ4v) is 2.47. The molecule has 0 fully saturated rings. The quantitative estimate of drug-likeness (QED) is 0.407. The van der Waals surface area contributed by atoms with Gasteiger partial charge in [-0.3, -0.25) is 10.2 Å². The Morgan fingerprint density at radius 3 is 2.62 bits per heavy atom. The van der Waals surface area contributed by atoms with E-state index < -0.39 is 5.91 Å². The maximum atomic E-state index is 10.8. The number of unbranched alkanes of at least 4 members (excludes halogenated alkanes) is 1. The van der Waals surface area contributed by atoms with Gasteiger partial charge in [0, 0.05) is 6.08 Å². The van der Waals surface area contributed by atoms with Crippen LogP contribution in [0.3, 0.4) is 0 Å². The van der Waals surface area contributed by atoms with Crippen LogP contribution in [0.2, 0.25) is 0 Å². The summed E-state index contributed by atoms with van der Waals surface area (Å²) in [6.07, 6.45) is 8.24. The van der Waals surface area contributed by atoms with Gasteiger partial charge < -0.3 is 5.73 Å². The molecule has 0 unspecified atom stereocenters. The summed E-state index contributed by atoms with van der Waals surface area (Å²) in [6, 6.07) is 15.9. The molecule has 4 heteroatoms. The molecule has 0 bridgehead atoms. The van der Waals surface area contributed by atoms with E-state index in [9.17, 15) is 4.79 Å². The first kappa shape index (κ1) is 19.2. The highest BCUT2D eigenvalue weighted by molar-refractivity contribution is 5.90. The van der Waals surface area contributed by atoms with Gasteiger partial charge in [-0.15, -0.1) is 0 Å². The average molecular weight is 347 g/mol. The highest BCUT2D eigenvalue weighted by Crippen LogP contribution is 2.13. The molecule has 0 aliphatic heterocycles. The van der Waals surface area contributed by atoms with Crippen LogP contribution in [0.4, 0.5) is 0 Å². The molecule has 0 spiro atoms. The number of aryl methyl sites for hydroxylation is 1. The minimum absolute atomic E-state index is 0.464. The van der Waals surface area contributed by atoms with Crippen LogP contribution in [0.25, 0.3) is 11.8 Å². The number of primary amides is 1. The second-order valence-corrected chi connectivity index (χ2v) is 6.01. The molecule has 0 atom stereocenters. The molecule has 3 N–H and O–H groups in total. The Morgan fingerprint density at radius 2 is 1.92 bits per heavy atom. The zero-order valence-electron chi connectivity index (χ0n) is 15.1. The molecule has 134 valence electrons. The lowest BCUT2D eigenvalue weighted by Gasteiger charge is -2.07. The predicted molar refractivity (Wildman–Crippen MR) is 109 cm³/mol. The van der Waals surface area contributed by atoms with Crippen molar-refractivity contribution >= 4 is 23.9 Å².